The van der Waals surface area contributed by atoms with E-state index in [-0.39, 0.29) is 18.1 Å². The van der Waals surface area contributed by atoms with Crippen LogP contribution in [0.15, 0.2) is 48.5 Å². The fraction of sp³-hybridized carbons (Fsp3) is 0.250. The Labute approximate surface area is 156 Å². The first-order chi connectivity index (χ1) is 13.0. The first kappa shape index (κ1) is 18.6. The molecule has 3 rings (SSSR count). The molecule has 1 aliphatic rings. The molecule has 0 saturated carbocycles. The van der Waals surface area contributed by atoms with Gasteiger partial charge in [0.15, 0.2) is 0 Å². The lowest BCUT2D eigenvalue weighted by Gasteiger charge is -2.16. The molecule has 0 aliphatic carbocycles. The van der Waals surface area contributed by atoms with E-state index in [4.69, 9.17) is 0 Å². The topological polar surface area (TPSA) is 78.5 Å². The van der Waals surface area contributed by atoms with Crippen LogP contribution >= 0.6 is 0 Å². The molecule has 2 aromatic rings. The van der Waals surface area contributed by atoms with E-state index >= 15 is 0 Å². The second-order valence-electron chi connectivity index (χ2n) is 6.42. The molecule has 2 N–H and O–H groups in total. The van der Waals surface area contributed by atoms with Crippen LogP contribution in [-0.2, 0) is 22.6 Å². The number of hydrogen-bond donors (Lipinski definition) is 2. The third kappa shape index (κ3) is 5.13. The van der Waals surface area contributed by atoms with Gasteiger partial charge in [-0.3, -0.25) is 25.2 Å². The van der Waals surface area contributed by atoms with Crippen molar-refractivity contribution >= 4 is 17.7 Å². The van der Waals surface area contributed by atoms with Crippen LogP contribution in [0.1, 0.15) is 34.3 Å². The van der Waals surface area contributed by atoms with Crippen molar-refractivity contribution in [3.8, 4) is 0 Å². The molecule has 0 bridgehead atoms. The van der Waals surface area contributed by atoms with E-state index in [1.54, 1.807) is 23.1 Å². The highest BCUT2D eigenvalue weighted by Gasteiger charge is 2.20. The normalized spacial score (nSPS) is 13.5. The Morgan fingerprint density at radius 2 is 1.81 bits per heavy atom. The number of nitrogens with one attached hydrogen (secondary N) is 2. The van der Waals surface area contributed by atoms with Crippen molar-refractivity contribution in [3.63, 3.8) is 0 Å². The van der Waals surface area contributed by atoms with Crippen molar-refractivity contribution in [2.75, 3.05) is 6.54 Å². The molecule has 1 aliphatic heterocycles. The van der Waals surface area contributed by atoms with Gasteiger partial charge in [-0.2, -0.15) is 0 Å². The molecule has 27 heavy (non-hydrogen) atoms. The van der Waals surface area contributed by atoms with Gasteiger partial charge in [0.2, 0.25) is 11.8 Å². The van der Waals surface area contributed by atoms with Gasteiger partial charge in [0.05, 0.1) is 6.42 Å². The van der Waals surface area contributed by atoms with Crippen molar-refractivity contribution < 1.29 is 18.8 Å². The summed E-state index contributed by atoms with van der Waals surface area (Å²) in [5, 5.41) is 0. The number of amides is 3. The van der Waals surface area contributed by atoms with Gasteiger partial charge in [0.1, 0.15) is 5.82 Å². The molecule has 6 nitrogen and oxygen atoms in total. The van der Waals surface area contributed by atoms with E-state index in [0.717, 1.165) is 18.5 Å². The molecule has 0 unspecified atom stereocenters. The van der Waals surface area contributed by atoms with E-state index in [1.165, 1.54) is 24.3 Å². The minimum Gasteiger partial charge on any atom is -0.338 e. The Morgan fingerprint density at radius 1 is 1.04 bits per heavy atom. The summed E-state index contributed by atoms with van der Waals surface area (Å²) in [5.41, 5.74) is 6.60. The summed E-state index contributed by atoms with van der Waals surface area (Å²) >= 11 is 0. The summed E-state index contributed by atoms with van der Waals surface area (Å²) < 4.78 is 12.9. The van der Waals surface area contributed by atoms with E-state index in [9.17, 15) is 18.8 Å². The molecule has 1 saturated heterocycles. The maximum atomic E-state index is 12.9. The van der Waals surface area contributed by atoms with E-state index in [0.29, 0.717) is 24.1 Å². The van der Waals surface area contributed by atoms with E-state index in [2.05, 4.69) is 10.9 Å². The van der Waals surface area contributed by atoms with Crippen LogP contribution in [0.4, 0.5) is 4.39 Å². The van der Waals surface area contributed by atoms with Crippen LogP contribution < -0.4 is 10.9 Å². The first-order valence-corrected chi connectivity index (χ1v) is 8.71. The fourth-order valence-electron chi connectivity index (χ4n) is 2.93. The summed E-state index contributed by atoms with van der Waals surface area (Å²) in [5.74, 6) is -1.10. The summed E-state index contributed by atoms with van der Waals surface area (Å²) in [7, 11) is 0. The Bertz CT molecular complexity index is 852. The summed E-state index contributed by atoms with van der Waals surface area (Å²) in [4.78, 5) is 37.6. The number of nitrogens with zero attached hydrogens (tertiary/aromatic N) is 1. The Hall–Kier alpha value is -3.22. The van der Waals surface area contributed by atoms with Crippen LogP contribution in [0.3, 0.4) is 0 Å². The van der Waals surface area contributed by atoms with Crippen LogP contribution in [0, 0.1) is 5.82 Å². The maximum absolute atomic E-state index is 12.9. The number of rotatable bonds is 5. The molecule has 1 fully saturated rings. The SMILES string of the molecule is O=C(Cc1ccc(F)cc1)NNC(=O)c1cccc(CN2CCCC2=O)c1. The fourth-order valence-corrected chi connectivity index (χ4v) is 2.93. The third-order valence-corrected chi connectivity index (χ3v) is 4.33. The standard InChI is InChI=1S/C20H20FN3O3/c21-17-8-6-14(7-9-17)12-18(25)22-23-20(27)16-4-1-3-15(11-16)13-24-10-2-5-19(24)26/h1,3-4,6-9,11H,2,5,10,12-13H2,(H,22,25)(H,23,27). The minimum absolute atomic E-state index is 0.0255. The van der Waals surface area contributed by atoms with Gasteiger partial charge >= 0.3 is 0 Å². The summed E-state index contributed by atoms with van der Waals surface area (Å²) in [6, 6.07) is 12.5. The Balaban J connectivity index is 1.53. The van der Waals surface area contributed by atoms with Gasteiger partial charge in [-0.15, -0.1) is 0 Å². The van der Waals surface area contributed by atoms with Crippen LogP contribution in [0.25, 0.3) is 0 Å². The quantitative estimate of drug-likeness (QED) is 0.791. The largest absolute Gasteiger partial charge is 0.338 e. The summed E-state index contributed by atoms with van der Waals surface area (Å²) in [6.07, 6.45) is 1.46. The van der Waals surface area contributed by atoms with Gasteiger partial charge in [-0.25, -0.2) is 4.39 Å². The van der Waals surface area contributed by atoms with Gasteiger partial charge in [-0.1, -0.05) is 24.3 Å². The Morgan fingerprint density at radius 3 is 2.52 bits per heavy atom. The molecule has 0 atom stereocenters. The number of hydrogen-bond acceptors (Lipinski definition) is 3. The predicted molar refractivity (Wildman–Crippen MR) is 96.8 cm³/mol. The highest BCUT2D eigenvalue weighted by Crippen LogP contribution is 2.15. The first-order valence-electron chi connectivity index (χ1n) is 8.71. The molecule has 3 amide bonds. The highest BCUT2D eigenvalue weighted by atomic mass is 19.1. The molecule has 2 aromatic carbocycles. The molecule has 0 spiro atoms. The lowest BCUT2D eigenvalue weighted by atomic mass is 10.1. The van der Waals surface area contributed by atoms with Gasteiger partial charge in [-0.05, 0) is 41.8 Å². The number of halogens is 1. The van der Waals surface area contributed by atoms with Crippen molar-refractivity contribution in [1.82, 2.24) is 15.8 Å². The molecular weight excluding hydrogens is 349 g/mol. The van der Waals surface area contributed by atoms with Crippen LogP contribution in [0.2, 0.25) is 0 Å². The zero-order valence-electron chi connectivity index (χ0n) is 14.7. The number of likely N-dealkylation sites (tertiary alicyclic amines) is 1. The Kier molecular flexibility index (Phi) is 5.80. The molecule has 1 heterocycles. The molecule has 7 heteroatoms. The molecular formula is C20H20FN3O3. The molecule has 140 valence electrons. The van der Waals surface area contributed by atoms with Crippen molar-refractivity contribution in [1.29, 1.82) is 0 Å². The minimum atomic E-state index is -0.447. The second-order valence-corrected chi connectivity index (χ2v) is 6.42. The summed E-state index contributed by atoms with van der Waals surface area (Å²) in [6.45, 7) is 1.20. The monoisotopic (exact) mass is 369 g/mol. The number of carbonyl (C=O) groups is 3. The van der Waals surface area contributed by atoms with Crippen molar-refractivity contribution in [2.24, 2.45) is 0 Å². The second kappa shape index (κ2) is 8.44. The lowest BCUT2D eigenvalue weighted by molar-refractivity contribution is -0.128. The zero-order chi connectivity index (χ0) is 19.2. The van der Waals surface area contributed by atoms with Gasteiger partial charge in [0.25, 0.3) is 5.91 Å². The molecule has 0 radical (unpaired) electrons. The third-order valence-electron chi connectivity index (χ3n) is 4.33. The van der Waals surface area contributed by atoms with Gasteiger partial charge in [0, 0.05) is 25.1 Å². The van der Waals surface area contributed by atoms with Crippen LogP contribution in [0.5, 0.6) is 0 Å². The maximum Gasteiger partial charge on any atom is 0.269 e. The number of benzene rings is 2. The molecule has 0 aromatic heterocycles. The van der Waals surface area contributed by atoms with Crippen molar-refractivity contribution in [3.05, 3.63) is 71.0 Å². The smallest absolute Gasteiger partial charge is 0.269 e. The average molecular weight is 369 g/mol. The van der Waals surface area contributed by atoms with Gasteiger partial charge < -0.3 is 4.90 Å². The zero-order valence-corrected chi connectivity index (χ0v) is 14.7. The lowest BCUT2D eigenvalue weighted by Crippen LogP contribution is -2.42. The van der Waals surface area contributed by atoms with E-state index < -0.39 is 11.8 Å². The number of hydrazine groups is 1. The number of carbonyl (C=O) groups excluding carboxylic acids is 3. The van der Waals surface area contributed by atoms with Crippen molar-refractivity contribution in [2.45, 2.75) is 25.8 Å². The highest BCUT2D eigenvalue weighted by molar-refractivity contribution is 5.95. The van der Waals surface area contributed by atoms with E-state index in [1.807, 2.05) is 6.07 Å². The predicted octanol–water partition coefficient (Wildman–Crippen LogP) is 1.95. The van der Waals surface area contributed by atoms with Crippen LogP contribution in [-0.4, -0.2) is 29.2 Å². The average Bonchev–Trinajstić information content (AvgIpc) is 3.06.